The van der Waals surface area contributed by atoms with Crippen LogP contribution in [0.4, 0.5) is 5.69 Å². The highest BCUT2D eigenvalue weighted by molar-refractivity contribution is 8.15. The number of para-hydroxylation sites is 1. The van der Waals surface area contributed by atoms with Crippen LogP contribution in [0.5, 0.6) is 5.75 Å². The molecule has 11 heteroatoms. The molecule has 0 bridgehead atoms. The molecule has 1 N–H and O–H groups in total. The van der Waals surface area contributed by atoms with Crippen LogP contribution in [-0.4, -0.2) is 55.1 Å². The van der Waals surface area contributed by atoms with Crippen molar-refractivity contribution in [2.75, 3.05) is 7.11 Å². The van der Waals surface area contributed by atoms with Crippen molar-refractivity contribution in [2.45, 2.75) is 18.6 Å². The van der Waals surface area contributed by atoms with Crippen LogP contribution in [0.1, 0.15) is 17.7 Å². The summed E-state index contributed by atoms with van der Waals surface area (Å²) in [7, 11) is 3.30. The minimum Gasteiger partial charge on any atom is -0.497 e. The van der Waals surface area contributed by atoms with E-state index in [1.807, 2.05) is 18.2 Å². The van der Waals surface area contributed by atoms with Gasteiger partial charge in [-0.2, -0.15) is 10.1 Å². The van der Waals surface area contributed by atoms with Gasteiger partial charge in [-0.15, -0.1) is 0 Å². The number of carboxylic acids is 1. The Morgan fingerprint density at radius 3 is 2.46 bits per heavy atom. The van der Waals surface area contributed by atoms with E-state index in [-0.39, 0.29) is 22.8 Å². The lowest BCUT2D eigenvalue weighted by Gasteiger charge is -2.09. The van der Waals surface area contributed by atoms with Crippen molar-refractivity contribution in [3.8, 4) is 11.4 Å². The van der Waals surface area contributed by atoms with Crippen molar-refractivity contribution in [3.63, 3.8) is 0 Å². The highest BCUT2D eigenvalue weighted by atomic mass is 32.2. The number of aliphatic imine (C=N–C) groups is 1. The summed E-state index contributed by atoms with van der Waals surface area (Å²) < 4.78 is 8.30. The number of thioether (sulfide) groups is 1. The summed E-state index contributed by atoms with van der Waals surface area (Å²) in [5.74, 6) is -0.954. The van der Waals surface area contributed by atoms with E-state index >= 15 is 0 Å². The molecule has 1 aliphatic heterocycles. The van der Waals surface area contributed by atoms with E-state index in [1.54, 1.807) is 62.2 Å². The van der Waals surface area contributed by atoms with Crippen molar-refractivity contribution in [3.05, 3.63) is 76.2 Å². The van der Waals surface area contributed by atoms with Gasteiger partial charge in [0.05, 0.1) is 31.1 Å². The molecular weight excluding hydrogens is 470 g/mol. The highest BCUT2D eigenvalue weighted by Crippen LogP contribution is 2.32. The molecule has 0 spiro atoms. The van der Waals surface area contributed by atoms with Gasteiger partial charge in [-0.25, -0.2) is 9.67 Å². The molecular formula is C24H23N5O5S. The third kappa shape index (κ3) is 4.90. The van der Waals surface area contributed by atoms with Crippen LogP contribution in [0.15, 0.2) is 69.5 Å². The average Bonchev–Trinajstić information content (AvgIpc) is 3.25. The third-order valence-electron chi connectivity index (χ3n) is 5.44. The smallest absolute Gasteiger partial charge is 0.305 e. The molecule has 35 heavy (non-hydrogen) atoms. The predicted molar refractivity (Wildman–Crippen MR) is 134 cm³/mol. The van der Waals surface area contributed by atoms with Crippen LogP contribution in [0.25, 0.3) is 5.69 Å². The summed E-state index contributed by atoms with van der Waals surface area (Å²) in [5.41, 5.74) is 1.74. The van der Waals surface area contributed by atoms with E-state index in [0.717, 1.165) is 16.8 Å². The minimum atomic E-state index is -1.11. The number of aliphatic carboxylic acids is 1. The SMILES string of the molecule is COc1ccc(C=NN2C(=O)C(CC(=O)O)SC2=Nc2c(C)n(C)n(-c3ccccc3)c2=O)cc1. The minimum absolute atomic E-state index is 0.136. The molecule has 1 aromatic heterocycles. The molecule has 1 amide bonds. The summed E-state index contributed by atoms with van der Waals surface area (Å²) in [6, 6.07) is 16.2. The molecule has 2 heterocycles. The van der Waals surface area contributed by atoms with Crippen LogP contribution in [0, 0.1) is 6.92 Å². The zero-order chi connectivity index (χ0) is 25.1. The van der Waals surface area contributed by atoms with Crippen molar-refractivity contribution in [1.82, 2.24) is 14.4 Å². The number of carbonyl (C=O) groups excluding carboxylic acids is 1. The van der Waals surface area contributed by atoms with Gasteiger partial charge in [0.25, 0.3) is 11.5 Å². The molecule has 3 aromatic rings. The maximum Gasteiger partial charge on any atom is 0.305 e. The molecule has 1 unspecified atom stereocenters. The fourth-order valence-electron chi connectivity index (χ4n) is 3.52. The summed E-state index contributed by atoms with van der Waals surface area (Å²) in [6.45, 7) is 1.75. The first-order chi connectivity index (χ1) is 16.8. The van der Waals surface area contributed by atoms with Gasteiger partial charge < -0.3 is 9.84 Å². The van der Waals surface area contributed by atoms with Gasteiger partial charge in [0.1, 0.15) is 11.0 Å². The number of amides is 1. The molecule has 0 aliphatic carbocycles. The normalized spacial score (nSPS) is 17.0. The zero-order valence-corrected chi connectivity index (χ0v) is 20.1. The monoisotopic (exact) mass is 493 g/mol. The molecule has 1 saturated heterocycles. The zero-order valence-electron chi connectivity index (χ0n) is 19.3. The Balaban J connectivity index is 1.74. The fourth-order valence-corrected chi connectivity index (χ4v) is 4.58. The summed E-state index contributed by atoms with van der Waals surface area (Å²) >= 11 is 0.974. The first-order valence-electron chi connectivity index (χ1n) is 10.6. The van der Waals surface area contributed by atoms with Crippen LogP contribution < -0.4 is 10.3 Å². The van der Waals surface area contributed by atoms with E-state index in [4.69, 9.17) is 4.74 Å². The van der Waals surface area contributed by atoms with Crippen molar-refractivity contribution in [2.24, 2.45) is 17.1 Å². The number of methoxy groups -OCH3 is 1. The predicted octanol–water partition coefficient (Wildman–Crippen LogP) is 2.93. The Morgan fingerprint density at radius 1 is 1.14 bits per heavy atom. The van der Waals surface area contributed by atoms with Gasteiger partial charge in [-0.05, 0) is 48.9 Å². The maximum absolute atomic E-state index is 13.3. The largest absolute Gasteiger partial charge is 0.497 e. The molecule has 2 aromatic carbocycles. The number of carboxylic acid groups (broad SMARTS) is 1. The van der Waals surface area contributed by atoms with Crippen LogP contribution in [0.2, 0.25) is 0 Å². The molecule has 10 nitrogen and oxygen atoms in total. The lowest BCUT2D eigenvalue weighted by molar-refractivity contribution is -0.139. The Labute approximate surface area is 205 Å². The Bertz CT molecular complexity index is 1380. The van der Waals surface area contributed by atoms with E-state index in [9.17, 15) is 19.5 Å². The highest BCUT2D eigenvalue weighted by Gasteiger charge is 2.40. The Morgan fingerprint density at radius 2 is 1.83 bits per heavy atom. The van der Waals surface area contributed by atoms with Crippen LogP contribution in [-0.2, 0) is 16.6 Å². The Hall–Kier alpha value is -4.12. The lowest BCUT2D eigenvalue weighted by Crippen LogP contribution is -2.28. The third-order valence-corrected chi connectivity index (χ3v) is 6.57. The first kappa shape index (κ1) is 24.0. The lowest BCUT2D eigenvalue weighted by atomic mass is 10.2. The van der Waals surface area contributed by atoms with Gasteiger partial charge >= 0.3 is 5.97 Å². The number of carbonyl (C=O) groups is 2. The molecule has 1 aliphatic rings. The topological polar surface area (TPSA) is 118 Å². The molecule has 1 fully saturated rings. The molecule has 4 rings (SSSR count). The second-order valence-electron chi connectivity index (χ2n) is 7.68. The number of benzene rings is 2. The van der Waals surface area contributed by atoms with Crippen LogP contribution >= 0.6 is 11.8 Å². The maximum atomic E-state index is 13.3. The quantitative estimate of drug-likeness (QED) is 0.506. The molecule has 1 atom stereocenters. The number of hydrazone groups is 1. The number of nitrogens with zero attached hydrogens (tertiary/aromatic N) is 5. The van der Waals surface area contributed by atoms with E-state index in [2.05, 4.69) is 10.1 Å². The number of rotatable bonds is 7. The van der Waals surface area contributed by atoms with E-state index < -0.39 is 17.1 Å². The number of aromatic nitrogens is 2. The summed E-state index contributed by atoms with van der Waals surface area (Å²) in [6.07, 6.45) is 1.08. The standard InChI is InChI=1S/C24H23N5O5S/c1-15-21(23(33)29(27(15)2)17-7-5-4-6-8-17)26-24-28(22(32)19(35-24)13-20(30)31)25-14-16-9-11-18(34-3)12-10-16/h4-12,14,19H,13H2,1-3H3,(H,30,31). The van der Waals surface area contributed by atoms with Crippen LogP contribution in [0.3, 0.4) is 0 Å². The van der Waals surface area contributed by atoms with Gasteiger partial charge in [0.2, 0.25) is 0 Å². The van der Waals surface area contributed by atoms with Gasteiger partial charge in [0.15, 0.2) is 10.9 Å². The molecule has 180 valence electrons. The van der Waals surface area contributed by atoms with E-state index in [0.29, 0.717) is 22.7 Å². The van der Waals surface area contributed by atoms with Gasteiger partial charge in [-0.3, -0.25) is 19.1 Å². The fraction of sp³-hybridized carbons (Fsp3) is 0.208. The molecule has 0 radical (unpaired) electrons. The van der Waals surface area contributed by atoms with Crippen molar-refractivity contribution in [1.29, 1.82) is 0 Å². The van der Waals surface area contributed by atoms with E-state index in [1.165, 1.54) is 10.9 Å². The number of ether oxygens (including phenoxy) is 1. The van der Waals surface area contributed by atoms with Gasteiger partial charge in [0, 0.05) is 7.05 Å². The summed E-state index contributed by atoms with van der Waals surface area (Å²) in [5, 5.41) is 13.8. The van der Waals surface area contributed by atoms with Crippen molar-refractivity contribution >= 4 is 40.7 Å². The number of amidine groups is 1. The average molecular weight is 494 g/mol. The van der Waals surface area contributed by atoms with Gasteiger partial charge in [-0.1, -0.05) is 30.0 Å². The second kappa shape index (κ2) is 10.0. The second-order valence-corrected chi connectivity index (χ2v) is 8.85. The Kier molecular flexibility index (Phi) is 6.87. The molecule has 0 saturated carbocycles. The number of hydrogen-bond donors (Lipinski definition) is 1. The van der Waals surface area contributed by atoms with Crippen molar-refractivity contribution < 1.29 is 19.4 Å². The first-order valence-corrected chi connectivity index (χ1v) is 11.5. The number of hydrogen-bond acceptors (Lipinski definition) is 7. The summed E-state index contributed by atoms with van der Waals surface area (Å²) in [4.78, 5) is 42.0.